The molecule has 16 heteroatoms. The summed E-state index contributed by atoms with van der Waals surface area (Å²) < 4.78 is 76.1. The summed E-state index contributed by atoms with van der Waals surface area (Å²) >= 11 is 0. The maximum atomic E-state index is 14.4. The molecule has 1 spiro atoms. The molecule has 5 heterocycles. The Hall–Kier alpha value is -4.12. The van der Waals surface area contributed by atoms with E-state index in [4.69, 9.17) is 19.2 Å². The van der Waals surface area contributed by atoms with Gasteiger partial charge in [-0.3, -0.25) is 14.1 Å². The van der Waals surface area contributed by atoms with Crippen molar-refractivity contribution in [3.05, 3.63) is 75.7 Å². The van der Waals surface area contributed by atoms with Crippen LogP contribution in [0.2, 0.25) is 0 Å². The first-order valence-corrected chi connectivity index (χ1v) is 18.7. The Labute approximate surface area is 307 Å². The highest BCUT2D eigenvalue weighted by Gasteiger charge is 2.51. The SMILES string of the molecule is Cc1ccc(C(c2ccn3c(C(F)(F)F)nnc3c2C)C(C)(C)C(=O)O)cc1CN1CC2(CC2)Oc2nc(OCCN3CCOCC3)c(C)cc2S1=O. The number of ether oxygens (including phenoxy) is 3. The van der Waals surface area contributed by atoms with Crippen LogP contribution in [0, 0.1) is 26.2 Å². The average molecular weight is 757 g/mol. The van der Waals surface area contributed by atoms with E-state index in [1.54, 1.807) is 20.8 Å². The van der Waals surface area contributed by atoms with Gasteiger partial charge in [-0.2, -0.15) is 18.2 Å². The van der Waals surface area contributed by atoms with Gasteiger partial charge in [-0.15, -0.1) is 10.2 Å². The Bertz CT molecular complexity index is 2080. The zero-order valence-corrected chi connectivity index (χ0v) is 31.1. The number of aryl methyl sites for hydroxylation is 3. The summed E-state index contributed by atoms with van der Waals surface area (Å²) in [4.78, 5) is 20.2. The number of carboxylic acids is 1. The lowest BCUT2D eigenvalue weighted by molar-refractivity contribution is -0.147. The van der Waals surface area contributed by atoms with Gasteiger partial charge in [0.2, 0.25) is 17.6 Å². The number of hydrogen-bond acceptors (Lipinski definition) is 9. The van der Waals surface area contributed by atoms with Crippen molar-refractivity contribution in [3.8, 4) is 11.8 Å². The van der Waals surface area contributed by atoms with Gasteiger partial charge in [0, 0.05) is 43.9 Å². The third kappa shape index (κ3) is 7.25. The van der Waals surface area contributed by atoms with Crippen molar-refractivity contribution in [2.75, 3.05) is 46.0 Å². The number of nitrogens with zero attached hydrogens (tertiary/aromatic N) is 6. The zero-order valence-electron chi connectivity index (χ0n) is 30.3. The van der Waals surface area contributed by atoms with E-state index in [1.807, 2.05) is 42.4 Å². The Morgan fingerprint density at radius 1 is 1.08 bits per heavy atom. The number of halogens is 3. The van der Waals surface area contributed by atoms with E-state index in [9.17, 15) is 27.3 Å². The molecule has 2 atom stereocenters. The number of aromatic nitrogens is 4. The highest BCUT2D eigenvalue weighted by atomic mass is 32.2. The van der Waals surface area contributed by atoms with Gasteiger partial charge in [0.25, 0.3) is 0 Å². The smallest absolute Gasteiger partial charge is 0.452 e. The van der Waals surface area contributed by atoms with Crippen LogP contribution >= 0.6 is 0 Å². The highest BCUT2D eigenvalue weighted by Crippen LogP contribution is 2.47. The molecule has 1 saturated heterocycles. The number of benzene rings is 1. The molecule has 2 unspecified atom stereocenters. The predicted molar refractivity (Wildman–Crippen MR) is 188 cm³/mol. The Balaban J connectivity index is 1.20. The van der Waals surface area contributed by atoms with Crippen LogP contribution in [0.4, 0.5) is 13.2 Å². The molecular formula is C37H43F3N6O6S. The average Bonchev–Trinajstić information content (AvgIpc) is 3.72. The number of rotatable bonds is 10. The molecule has 12 nitrogen and oxygen atoms in total. The number of hydrogen-bond donors (Lipinski definition) is 1. The highest BCUT2D eigenvalue weighted by molar-refractivity contribution is 7.82. The molecule has 284 valence electrons. The normalized spacial score (nSPS) is 19.8. The van der Waals surface area contributed by atoms with Crippen molar-refractivity contribution in [2.24, 2.45) is 5.41 Å². The van der Waals surface area contributed by atoms with E-state index in [0.717, 1.165) is 53.6 Å². The summed E-state index contributed by atoms with van der Waals surface area (Å²) in [5.74, 6) is -2.26. The van der Waals surface area contributed by atoms with Crippen molar-refractivity contribution < 1.29 is 41.5 Å². The summed E-state index contributed by atoms with van der Waals surface area (Å²) in [5, 5.41) is 17.7. The van der Waals surface area contributed by atoms with Crippen LogP contribution in [0.1, 0.15) is 71.8 Å². The molecule has 1 N–H and O–H groups in total. The fraction of sp³-hybridized carbons (Fsp3) is 0.514. The van der Waals surface area contributed by atoms with Crippen LogP contribution < -0.4 is 9.47 Å². The van der Waals surface area contributed by atoms with E-state index in [-0.39, 0.29) is 12.2 Å². The molecule has 3 aliphatic rings. The lowest BCUT2D eigenvalue weighted by Gasteiger charge is -2.33. The molecule has 4 aromatic rings. The quantitative estimate of drug-likeness (QED) is 0.222. The van der Waals surface area contributed by atoms with Gasteiger partial charge in [0.15, 0.2) is 5.65 Å². The van der Waals surface area contributed by atoms with E-state index >= 15 is 0 Å². The van der Waals surface area contributed by atoms with Crippen molar-refractivity contribution in [1.29, 1.82) is 0 Å². The van der Waals surface area contributed by atoms with Gasteiger partial charge in [-0.05, 0) is 87.4 Å². The minimum Gasteiger partial charge on any atom is -0.481 e. The predicted octanol–water partition coefficient (Wildman–Crippen LogP) is 5.47. The van der Waals surface area contributed by atoms with Crippen LogP contribution in [-0.2, 0) is 33.2 Å². The molecule has 7 rings (SSSR count). The fourth-order valence-electron chi connectivity index (χ4n) is 7.21. The molecule has 2 fully saturated rings. The van der Waals surface area contributed by atoms with Crippen LogP contribution in [-0.4, -0.2) is 95.7 Å². The van der Waals surface area contributed by atoms with Crippen LogP contribution in [0.3, 0.4) is 0 Å². The van der Waals surface area contributed by atoms with Crippen LogP contribution in [0.25, 0.3) is 5.65 Å². The van der Waals surface area contributed by atoms with Crippen molar-refractivity contribution >= 4 is 22.6 Å². The second-order valence-electron chi connectivity index (χ2n) is 14.8. The first kappa shape index (κ1) is 37.2. The molecule has 0 bridgehead atoms. The molecule has 2 aliphatic heterocycles. The van der Waals surface area contributed by atoms with E-state index in [2.05, 4.69) is 15.1 Å². The first-order valence-electron chi connectivity index (χ1n) is 17.6. The van der Waals surface area contributed by atoms with E-state index in [0.29, 0.717) is 59.7 Å². The minimum absolute atomic E-state index is 0.00345. The number of aliphatic carboxylic acids is 1. The van der Waals surface area contributed by atoms with Gasteiger partial charge in [-0.1, -0.05) is 18.2 Å². The Morgan fingerprint density at radius 2 is 1.81 bits per heavy atom. The fourth-order valence-corrected chi connectivity index (χ4v) is 8.61. The lowest BCUT2D eigenvalue weighted by atomic mass is 9.70. The zero-order chi connectivity index (χ0) is 37.9. The van der Waals surface area contributed by atoms with Gasteiger partial charge in [0.1, 0.15) is 28.1 Å². The van der Waals surface area contributed by atoms with Gasteiger partial charge < -0.3 is 19.3 Å². The molecule has 0 radical (unpaired) electrons. The summed E-state index contributed by atoms with van der Waals surface area (Å²) in [7, 11) is -1.65. The maximum absolute atomic E-state index is 14.4. The standard InChI is InChI=1S/C37H43F3N6O6S/c1-22-6-7-25(29(35(4,5)34(47)48)27-8-11-46-30(24(27)3)42-43-33(46)37(38,39)40)19-26(22)20-45-21-36(9-10-36)52-32-28(53(45)49)18-23(2)31(41-32)51-17-14-44-12-15-50-16-13-44/h6-8,11,18-19,29H,9-10,12-17,20-21H2,1-5H3,(H,47,48). The van der Waals surface area contributed by atoms with Gasteiger partial charge in [-0.25, -0.2) is 8.51 Å². The van der Waals surface area contributed by atoms with E-state index in [1.165, 1.54) is 12.3 Å². The Morgan fingerprint density at radius 3 is 2.49 bits per heavy atom. The summed E-state index contributed by atoms with van der Waals surface area (Å²) in [6.07, 6.45) is -1.93. The van der Waals surface area contributed by atoms with Crippen LogP contribution in [0.5, 0.6) is 11.8 Å². The molecule has 1 aliphatic carbocycles. The molecule has 3 aromatic heterocycles. The van der Waals surface area contributed by atoms with Gasteiger partial charge in [0.05, 0.1) is 25.2 Å². The molecular weight excluding hydrogens is 714 g/mol. The monoisotopic (exact) mass is 756 g/mol. The molecule has 1 aromatic carbocycles. The van der Waals surface area contributed by atoms with Crippen molar-refractivity contribution in [1.82, 2.24) is 28.8 Å². The third-order valence-electron chi connectivity index (χ3n) is 10.6. The summed E-state index contributed by atoms with van der Waals surface area (Å²) in [6.45, 7) is 13.6. The topological polar surface area (TPSA) is 132 Å². The number of pyridine rings is 2. The number of fused-ring (bicyclic) bond motifs is 2. The second-order valence-corrected chi connectivity index (χ2v) is 16.3. The van der Waals surface area contributed by atoms with Crippen LogP contribution in [0.15, 0.2) is 41.4 Å². The number of alkyl halides is 3. The number of morpholine rings is 1. The summed E-state index contributed by atoms with van der Waals surface area (Å²) in [5.41, 5.74) is 2.10. The van der Waals surface area contributed by atoms with Gasteiger partial charge >= 0.3 is 12.1 Å². The minimum atomic E-state index is -4.72. The number of carbonyl (C=O) groups is 1. The summed E-state index contributed by atoms with van der Waals surface area (Å²) in [6, 6.07) is 8.99. The maximum Gasteiger partial charge on any atom is 0.452 e. The van der Waals surface area contributed by atoms with Crippen molar-refractivity contribution in [2.45, 2.75) is 76.6 Å². The lowest BCUT2D eigenvalue weighted by Crippen LogP contribution is -2.38. The first-order chi connectivity index (χ1) is 25.1. The van der Waals surface area contributed by atoms with E-state index < -0.39 is 45.9 Å². The Kier molecular flexibility index (Phi) is 9.79. The second kappa shape index (κ2) is 13.9. The molecule has 53 heavy (non-hydrogen) atoms. The van der Waals surface area contributed by atoms with Crippen molar-refractivity contribution in [3.63, 3.8) is 0 Å². The molecule has 0 amide bonds. The number of carboxylic acid groups (broad SMARTS) is 1. The largest absolute Gasteiger partial charge is 0.481 e. The third-order valence-corrected chi connectivity index (χ3v) is 12.0. The molecule has 1 saturated carbocycles.